The van der Waals surface area contributed by atoms with Gasteiger partial charge in [0, 0.05) is 6.54 Å². The molecule has 0 aliphatic rings. The lowest BCUT2D eigenvalue weighted by atomic mass is 10.4. The third kappa shape index (κ3) is 7.95. The molecule has 0 spiro atoms. The Morgan fingerprint density at radius 3 is 2.67 bits per heavy atom. The third-order valence-corrected chi connectivity index (χ3v) is 0.885. The summed E-state index contributed by atoms with van der Waals surface area (Å²) in [6.45, 7) is 6.09. The molecule has 9 heavy (non-hydrogen) atoms. The molecule has 0 bridgehead atoms. The normalized spacial score (nSPS) is 11.8. The Bertz CT molecular complexity index is 68.1. The Labute approximate surface area is 62.4 Å². The molecule has 1 unspecified atom stereocenters. The van der Waals surface area contributed by atoms with E-state index in [1.54, 1.807) is 6.08 Å². The van der Waals surface area contributed by atoms with E-state index in [0.29, 0.717) is 6.54 Å². The maximum atomic E-state index is 8.83. The molecule has 1 atom stereocenters. The average Bonchev–Trinajstić information content (AvgIpc) is 1.83. The molecule has 0 fully saturated rings. The fraction of sp³-hybridized carbons (Fsp3) is 0.667. The molecule has 0 aliphatic heterocycles. The number of aliphatic hydroxyl groups excluding tert-OH is 1. The Morgan fingerprint density at radius 2 is 2.33 bits per heavy atom. The predicted octanol–water partition coefficient (Wildman–Crippen LogP) is 0.912. The first kappa shape index (κ1) is 11.7. The Balaban J connectivity index is 0. The number of nitrogens with one attached hydrogen (secondary N) is 1. The lowest BCUT2D eigenvalue weighted by molar-refractivity contribution is 0.138. The SMILES string of the molecule is C=CCNC(O)CC.Cl. The lowest BCUT2D eigenvalue weighted by Gasteiger charge is -2.05. The van der Waals surface area contributed by atoms with Crippen molar-refractivity contribution >= 4 is 12.4 Å². The number of aliphatic hydroxyl groups is 1. The summed E-state index contributed by atoms with van der Waals surface area (Å²) in [5.41, 5.74) is 0. The third-order valence-electron chi connectivity index (χ3n) is 0.885. The smallest absolute Gasteiger partial charge is 0.104 e. The Hall–Kier alpha value is -0.0500. The van der Waals surface area contributed by atoms with Crippen molar-refractivity contribution in [2.75, 3.05) is 6.54 Å². The summed E-state index contributed by atoms with van der Waals surface area (Å²) in [6, 6.07) is 0. The van der Waals surface area contributed by atoms with Gasteiger partial charge in [0.1, 0.15) is 6.23 Å². The average molecular weight is 152 g/mol. The molecule has 0 amide bonds. The first-order valence-corrected chi connectivity index (χ1v) is 2.83. The van der Waals surface area contributed by atoms with Crippen LogP contribution >= 0.6 is 12.4 Å². The zero-order valence-corrected chi connectivity index (χ0v) is 6.45. The highest BCUT2D eigenvalue weighted by Crippen LogP contribution is 1.81. The van der Waals surface area contributed by atoms with Crippen molar-refractivity contribution in [3.05, 3.63) is 12.7 Å². The van der Waals surface area contributed by atoms with Gasteiger partial charge < -0.3 is 5.11 Å². The van der Waals surface area contributed by atoms with Crippen LogP contribution < -0.4 is 5.32 Å². The minimum absolute atomic E-state index is 0. The van der Waals surface area contributed by atoms with Crippen molar-refractivity contribution in [1.29, 1.82) is 0 Å². The second-order valence-electron chi connectivity index (χ2n) is 1.62. The highest BCUT2D eigenvalue weighted by molar-refractivity contribution is 5.85. The van der Waals surface area contributed by atoms with Gasteiger partial charge in [0.2, 0.25) is 0 Å². The van der Waals surface area contributed by atoms with Gasteiger partial charge in [-0.25, -0.2) is 0 Å². The molecule has 2 N–H and O–H groups in total. The van der Waals surface area contributed by atoms with Gasteiger partial charge in [0.15, 0.2) is 0 Å². The Morgan fingerprint density at radius 1 is 1.78 bits per heavy atom. The fourth-order valence-corrected chi connectivity index (χ4v) is 0.364. The zero-order chi connectivity index (χ0) is 6.41. The summed E-state index contributed by atoms with van der Waals surface area (Å²) >= 11 is 0. The molecule has 0 saturated heterocycles. The molecule has 3 heteroatoms. The first-order chi connectivity index (χ1) is 3.81. The van der Waals surface area contributed by atoms with E-state index in [9.17, 15) is 0 Å². The molecule has 0 heterocycles. The van der Waals surface area contributed by atoms with E-state index in [2.05, 4.69) is 11.9 Å². The topological polar surface area (TPSA) is 32.3 Å². The molecule has 0 aromatic rings. The van der Waals surface area contributed by atoms with Gasteiger partial charge in [-0.3, -0.25) is 5.32 Å². The quantitative estimate of drug-likeness (QED) is 0.463. The van der Waals surface area contributed by atoms with Gasteiger partial charge >= 0.3 is 0 Å². The summed E-state index contributed by atoms with van der Waals surface area (Å²) in [5, 5.41) is 11.6. The zero-order valence-electron chi connectivity index (χ0n) is 5.63. The number of rotatable bonds is 4. The second kappa shape index (κ2) is 7.95. The van der Waals surface area contributed by atoms with E-state index in [1.165, 1.54) is 0 Å². The van der Waals surface area contributed by atoms with Crippen molar-refractivity contribution in [2.45, 2.75) is 19.6 Å². The minimum atomic E-state index is -0.368. The Kier molecular flexibility index (Phi) is 10.3. The lowest BCUT2D eigenvalue weighted by Crippen LogP contribution is -2.27. The molecule has 0 rings (SSSR count). The van der Waals surface area contributed by atoms with Crippen molar-refractivity contribution < 1.29 is 5.11 Å². The first-order valence-electron chi connectivity index (χ1n) is 2.83. The van der Waals surface area contributed by atoms with Crippen LogP contribution in [-0.4, -0.2) is 17.9 Å². The maximum Gasteiger partial charge on any atom is 0.104 e. The van der Waals surface area contributed by atoms with Crippen LogP contribution in [0.5, 0.6) is 0 Å². The van der Waals surface area contributed by atoms with Gasteiger partial charge in [-0.2, -0.15) is 0 Å². The largest absolute Gasteiger partial charge is 0.379 e. The van der Waals surface area contributed by atoms with E-state index >= 15 is 0 Å². The number of halogens is 1. The summed E-state index contributed by atoms with van der Waals surface area (Å²) in [7, 11) is 0. The van der Waals surface area contributed by atoms with Crippen molar-refractivity contribution in [3.8, 4) is 0 Å². The fourth-order valence-electron chi connectivity index (χ4n) is 0.364. The predicted molar refractivity (Wildman–Crippen MR) is 41.7 cm³/mol. The highest BCUT2D eigenvalue weighted by Gasteiger charge is 1.92. The molecule has 0 aliphatic carbocycles. The van der Waals surface area contributed by atoms with Crippen LogP contribution in [0.1, 0.15) is 13.3 Å². The van der Waals surface area contributed by atoms with Crippen LogP contribution in [-0.2, 0) is 0 Å². The number of hydrogen-bond acceptors (Lipinski definition) is 2. The van der Waals surface area contributed by atoms with Crippen LogP contribution in [0.15, 0.2) is 12.7 Å². The van der Waals surface area contributed by atoms with Crippen LogP contribution in [0, 0.1) is 0 Å². The van der Waals surface area contributed by atoms with E-state index < -0.39 is 0 Å². The second-order valence-corrected chi connectivity index (χ2v) is 1.62. The molecule has 2 nitrogen and oxygen atoms in total. The van der Waals surface area contributed by atoms with Gasteiger partial charge in [-0.15, -0.1) is 19.0 Å². The van der Waals surface area contributed by atoms with Crippen molar-refractivity contribution in [2.24, 2.45) is 0 Å². The van der Waals surface area contributed by atoms with E-state index in [-0.39, 0.29) is 18.6 Å². The van der Waals surface area contributed by atoms with Crippen LogP contribution in [0.3, 0.4) is 0 Å². The standard InChI is InChI=1S/C6H13NO.ClH/c1-3-5-7-6(8)4-2;/h3,6-8H,1,4-5H2,2H3;1H. The van der Waals surface area contributed by atoms with Gasteiger partial charge in [-0.05, 0) is 6.42 Å². The summed E-state index contributed by atoms with van der Waals surface area (Å²) in [4.78, 5) is 0. The molecule has 0 aromatic carbocycles. The summed E-state index contributed by atoms with van der Waals surface area (Å²) in [5.74, 6) is 0. The van der Waals surface area contributed by atoms with Crippen LogP contribution in [0.2, 0.25) is 0 Å². The molecule has 0 radical (unpaired) electrons. The van der Waals surface area contributed by atoms with Crippen LogP contribution in [0.25, 0.3) is 0 Å². The van der Waals surface area contributed by atoms with Crippen molar-refractivity contribution in [3.63, 3.8) is 0 Å². The van der Waals surface area contributed by atoms with E-state index in [0.717, 1.165) is 6.42 Å². The monoisotopic (exact) mass is 151 g/mol. The van der Waals surface area contributed by atoms with E-state index in [4.69, 9.17) is 5.11 Å². The van der Waals surface area contributed by atoms with E-state index in [1.807, 2.05) is 6.92 Å². The van der Waals surface area contributed by atoms with Gasteiger partial charge in [-0.1, -0.05) is 13.0 Å². The van der Waals surface area contributed by atoms with Crippen molar-refractivity contribution in [1.82, 2.24) is 5.32 Å². The van der Waals surface area contributed by atoms with Gasteiger partial charge in [0.05, 0.1) is 0 Å². The molecule has 0 saturated carbocycles. The molecule has 0 aromatic heterocycles. The molecular formula is C6H14ClNO. The van der Waals surface area contributed by atoms with Gasteiger partial charge in [0.25, 0.3) is 0 Å². The highest BCUT2D eigenvalue weighted by atomic mass is 35.5. The summed E-state index contributed by atoms with van der Waals surface area (Å²) in [6.07, 6.45) is 2.10. The molecule has 56 valence electrons. The number of hydrogen-bond donors (Lipinski definition) is 2. The maximum absolute atomic E-state index is 8.83. The van der Waals surface area contributed by atoms with Crippen LogP contribution in [0.4, 0.5) is 0 Å². The molecular weight excluding hydrogens is 138 g/mol. The minimum Gasteiger partial charge on any atom is -0.379 e. The summed E-state index contributed by atoms with van der Waals surface area (Å²) < 4.78 is 0.